The predicted molar refractivity (Wildman–Crippen MR) is 137 cm³/mol. The molecule has 1 amide bonds. The number of benzene rings is 3. The van der Waals surface area contributed by atoms with Crippen LogP contribution >= 0.6 is 15.9 Å². The van der Waals surface area contributed by atoms with E-state index in [1.54, 1.807) is 48.5 Å². The molecule has 180 valence electrons. The zero-order valence-electron chi connectivity index (χ0n) is 19.5. The van der Waals surface area contributed by atoms with Gasteiger partial charge in [-0.15, -0.1) is 0 Å². The maximum atomic E-state index is 13.9. The Morgan fingerprint density at radius 3 is 2.41 bits per heavy atom. The summed E-state index contributed by atoms with van der Waals surface area (Å²) in [5, 5.41) is 2.77. The molecule has 3 aromatic rings. The molecule has 0 aromatic heterocycles. The van der Waals surface area contributed by atoms with Crippen LogP contribution in [0.1, 0.15) is 18.1 Å². The van der Waals surface area contributed by atoms with E-state index in [1.165, 1.54) is 13.2 Å². The molecule has 7 nitrogen and oxygen atoms in total. The first-order valence-electron chi connectivity index (χ1n) is 10.6. The second kappa shape index (κ2) is 10.9. The van der Waals surface area contributed by atoms with Crippen molar-refractivity contribution in [1.82, 2.24) is 0 Å². The SMILES string of the molecule is CCOc1ccc(NC(=O)CN(c2cccc(C)c2C)S(=O)(=O)c2cc(Br)ccc2OC)cc1. The lowest BCUT2D eigenvalue weighted by atomic mass is 10.1. The maximum absolute atomic E-state index is 13.9. The van der Waals surface area contributed by atoms with Crippen LogP contribution in [0.2, 0.25) is 0 Å². The van der Waals surface area contributed by atoms with Crippen molar-refractivity contribution in [3.05, 3.63) is 76.3 Å². The fourth-order valence-corrected chi connectivity index (χ4v) is 5.58. The number of methoxy groups -OCH3 is 1. The van der Waals surface area contributed by atoms with Gasteiger partial charge in [0.15, 0.2) is 0 Å². The van der Waals surface area contributed by atoms with Crippen molar-refractivity contribution in [2.75, 3.05) is 29.9 Å². The lowest BCUT2D eigenvalue weighted by molar-refractivity contribution is -0.114. The van der Waals surface area contributed by atoms with E-state index in [0.29, 0.717) is 28.2 Å². The Hall–Kier alpha value is -3.04. The number of halogens is 1. The Morgan fingerprint density at radius 2 is 1.76 bits per heavy atom. The van der Waals surface area contributed by atoms with Gasteiger partial charge in [0.1, 0.15) is 22.9 Å². The average molecular weight is 547 g/mol. The molecule has 0 saturated carbocycles. The first-order chi connectivity index (χ1) is 16.2. The van der Waals surface area contributed by atoms with Gasteiger partial charge in [-0.05, 0) is 80.4 Å². The van der Waals surface area contributed by atoms with Gasteiger partial charge in [0.2, 0.25) is 5.91 Å². The summed E-state index contributed by atoms with van der Waals surface area (Å²) in [7, 11) is -2.76. The molecule has 0 saturated heterocycles. The van der Waals surface area contributed by atoms with Crippen LogP contribution < -0.4 is 19.1 Å². The third-order valence-corrected chi connectivity index (χ3v) is 7.55. The molecule has 0 fully saturated rings. The summed E-state index contributed by atoms with van der Waals surface area (Å²) < 4.78 is 40.2. The van der Waals surface area contributed by atoms with E-state index in [9.17, 15) is 13.2 Å². The normalized spacial score (nSPS) is 11.1. The van der Waals surface area contributed by atoms with E-state index in [-0.39, 0.29) is 10.6 Å². The van der Waals surface area contributed by atoms with Crippen molar-refractivity contribution in [2.45, 2.75) is 25.7 Å². The van der Waals surface area contributed by atoms with Crippen LogP contribution in [-0.2, 0) is 14.8 Å². The van der Waals surface area contributed by atoms with E-state index < -0.39 is 22.5 Å². The minimum absolute atomic E-state index is 0.0425. The molecule has 3 aromatic carbocycles. The van der Waals surface area contributed by atoms with E-state index in [0.717, 1.165) is 15.4 Å². The van der Waals surface area contributed by atoms with Gasteiger partial charge in [-0.25, -0.2) is 8.42 Å². The maximum Gasteiger partial charge on any atom is 0.268 e. The Balaban J connectivity index is 2.00. The summed E-state index contributed by atoms with van der Waals surface area (Å²) in [5.41, 5.74) is 2.62. The molecule has 0 heterocycles. The topological polar surface area (TPSA) is 84.9 Å². The second-order valence-corrected chi connectivity index (χ2v) is 10.3. The van der Waals surface area contributed by atoms with Crippen LogP contribution in [0, 0.1) is 13.8 Å². The third-order valence-electron chi connectivity index (χ3n) is 5.27. The minimum Gasteiger partial charge on any atom is -0.495 e. The summed E-state index contributed by atoms with van der Waals surface area (Å²) in [5.74, 6) is 0.384. The molecule has 0 aliphatic heterocycles. The molecule has 0 atom stereocenters. The minimum atomic E-state index is -4.16. The molecule has 0 bridgehead atoms. The summed E-state index contributed by atoms with van der Waals surface area (Å²) >= 11 is 3.33. The second-order valence-electron chi connectivity index (χ2n) is 7.53. The Labute approximate surface area is 208 Å². The van der Waals surface area contributed by atoms with E-state index in [1.807, 2.05) is 26.8 Å². The highest BCUT2D eigenvalue weighted by Crippen LogP contribution is 2.34. The summed E-state index contributed by atoms with van der Waals surface area (Å²) in [6, 6.07) is 17.0. The van der Waals surface area contributed by atoms with Crippen molar-refractivity contribution < 1.29 is 22.7 Å². The number of aryl methyl sites for hydroxylation is 1. The van der Waals surface area contributed by atoms with Gasteiger partial charge in [0.25, 0.3) is 10.0 Å². The molecule has 3 rings (SSSR count). The van der Waals surface area contributed by atoms with Gasteiger partial charge in [-0.2, -0.15) is 0 Å². The van der Waals surface area contributed by atoms with Crippen LogP contribution in [0.3, 0.4) is 0 Å². The van der Waals surface area contributed by atoms with Gasteiger partial charge in [0, 0.05) is 10.2 Å². The molecule has 0 spiro atoms. The number of sulfonamides is 1. The summed E-state index contributed by atoms with van der Waals surface area (Å²) in [6.45, 7) is 5.72. The van der Waals surface area contributed by atoms with Crippen LogP contribution in [0.15, 0.2) is 70.0 Å². The molecule has 0 radical (unpaired) electrons. The van der Waals surface area contributed by atoms with Crippen molar-refractivity contribution in [2.24, 2.45) is 0 Å². The van der Waals surface area contributed by atoms with Crippen molar-refractivity contribution in [1.29, 1.82) is 0 Å². The van der Waals surface area contributed by atoms with Gasteiger partial charge in [0.05, 0.1) is 19.4 Å². The fraction of sp³-hybridized carbons (Fsp3) is 0.240. The molecule has 9 heteroatoms. The number of nitrogens with one attached hydrogen (secondary N) is 1. The first-order valence-corrected chi connectivity index (χ1v) is 12.9. The molecule has 0 aliphatic rings. The standard InChI is InChI=1S/C25H27BrN2O5S/c1-5-33-21-12-10-20(11-13-21)27-25(29)16-28(22-8-6-7-17(2)18(22)3)34(30,31)24-15-19(26)9-14-23(24)32-4/h6-15H,5,16H2,1-4H3,(H,27,29). The van der Waals surface area contributed by atoms with Gasteiger partial charge < -0.3 is 14.8 Å². The van der Waals surface area contributed by atoms with Gasteiger partial charge in [-0.1, -0.05) is 28.1 Å². The molecule has 0 aliphatic carbocycles. The van der Waals surface area contributed by atoms with Gasteiger partial charge in [-0.3, -0.25) is 9.10 Å². The lowest BCUT2D eigenvalue weighted by Gasteiger charge is -2.27. The number of carbonyl (C=O) groups excluding carboxylic acids is 1. The molecular formula is C25H27BrN2O5S. The number of carbonyl (C=O) groups is 1. The number of anilines is 2. The van der Waals surface area contributed by atoms with Crippen molar-refractivity contribution in [3.63, 3.8) is 0 Å². The number of hydrogen-bond acceptors (Lipinski definition) is 5. The van der Waals surface area contributed by atoms with E-state index in [2.05, 4.69) is 21.2 Å². The first kappa shape index (κ1) is 25.6. The van der Waals surface area contributed by atoms with Crippen LogP contribution in [0.5, 0.6) is 11.5 Å². The van der Waals surface area contributed by atoms with Gasteiger partial charge >= 0.3 is 0 Å². The fourth-order valence-electron chi connectivity index (χ4n) is 3.41. The predicted octanol–water partition coefficient (Wildman–Crippen LogP) is 5.31. The molecule has 0 unspecified atom stereocenters. The zero-order valence-corrected chi connectivity index (χ0v) is 21.9. The average Bonchev–Trinajstić information content (AvgIpc) is 2.81. The monoisotopic (exact) mass is 546 g/mol. The number of amides is 1. The number of nitrogens with zero attached hydrogens (tertiary/aromatic N) is 1. The summed E-state index contributed by atoms with van der Waals surface area (Å²) in [4.78, 5) is 13.0. The molecular weight excluding hydrogens is 520 g/mol. The highest BCUT2D eigenvalue weighted by molar-refractivity contribution is 9.10. The quantitative estimate of drug-likeness (QED) is 0.393. The lowest BCUT2D eigenvalue weighted by Crippen LogP contribution is -2.38. The largest absolute Gasteiger partial charge is 0.495 e. The Kier molecular flexibility index (Phi) is 8.22. The van der Waals surface area contributed by atoms with Crippen LogP contribution in [-0.4, -0.2) is 34.6 Å². The summed E-state index contributed by atoms with van der Waals surface area (Å²) in [6.07, 6.45) is 0. The molecule has 34 heavy (non-hydrogen) atoms. The Morgan fingerprint density at radius 1 is 1.06 bits per heavy atom. The van der Waals surface area contributed by atoms with Crippen molar-refractivity contribution in [3.8, 4) is 11.5 Å². The third kappa shape index (κ3) is 5.71. The molecule has 1 N–H and O–H groups in total. The Bertz CT molecular complexity index is 1280. The van der Waals surface area contributed by atoms with E-state index in [4.69, 9.17) is 9.47 Å². The van der Waals surface area contributed by atoms with E-state index >= 15 is 0 Å². The smallest absolute Gasteiger partial charge is 0.268 e. The highest BCUT2D eigenvalue weighted by atomic mass is 79.9. The number of rotatable bonds is 9. The van der Waals surface area contributed by atoms with Crippen molar-refractivity contribution >= 4 is 43.2 Å². The highest BCUT2D eigenvalue weighted by Gasteiger charge is 2.31. The number of ether oxygens (including phenoxy) is 2. The van der Waals surface area contributed by atoms with Crippen LogP contribution in [0.4, 0.5) is 11.4 Å². The van der Waals surface area contributed by atoms with Crippen LogP contribution in [0.25, 0.3) is 0 Å². The number of hydrogen-bond donors (Lipinski definition) is 1. The zero-order chi connectivity index (χ0) is 24.9.